The first-order valence-electron chi connectivity index (χ1n) is 9.55. The average molecular weight is 410 g/mol. The minimum Gasteiger partial charge on any atom is -0.497 e. The molecule has 0 saturated carbocycles. The molecule has 28 heavy (non-hydrogen) atoms. The highest BCUT2D eigenvalue weighted by Gasteiger charge is 2.36. The van der Waals surface area contributed by atoms with Gasteiger partial charge in [-0.25, -0.2) is 14.7 Å². The lowest BCUT2D eigenvalue weighted by atomic mass is 9.99. The second kappa shape index (κ2) is 8.68. The van der Waals surface area contributed by atoms with E-state index < -0.39 is 18.0 Å². The molecular formula is C20H28ClN3O4. The lowest BCUT2D eigenvalue weighted by Gasteiger charge is -2.35. The number of ether oxygens (including phenoxy) is 3. The third-order valence-corrected chi connectivity index (χ3v) is 4.96. The third-order valence-electron chi connectivity index (χ3n) is 4.66. The molecule has 1 atom stereocenters. The summed E-state index contributed by atoms with van der Waals surface area (Å²) in [6.07, 6.45) is 0.643. The topological polar surface area (TPSA) is 72.4 Å². The number of piperidine rings is 1. The van der Waals surface area contributed by atoms with Gasteiger partial charge in [0.15, 0.2) is 0 Å². The summed E-state index contributed by atoms with van der Waals surface area (Å²) >= 11 is 6.40. The number of amides is 1. The summed E-state index contributed by atoms with van der Waals surface area (Å²) in [7, 11) is 1.57. The summed E-state index contributed by atoms with van der Waals surface area (Å²) < 4.78 is 17.0. The van der Waals surface area contributed by atoms with Gasteiger partial charge < -0.3 is 19.5 Å². The molecule has 0 aliphatic carbocycles. The number of nitrogens with one attached hydrogen (secondary N) is 1. The molecule has 1 fully saturated rings. The molecule has 1 amide bonds. The van der Waals surface area contributed by atoms with Crippen molar-refractivity contribution in [3.8, 4) is 5.75 Å². The first-order valence-corrected chi connectivity index (χ1v) is 9.92. The molecule has 1 N–H and O–H groups in total. The number of aliphatic imine (C=N–C) groups is 1. The van der Waals surface area contributed by atoms with Crippen LogP contribution in [0, 0.1) is 5.92 Å². The number of halogens is 1. The molecule has 1 unspecified atom stereocenters. The minimum atomic E-state index is -0.878. The Bertz CT molecular complexity index is 741. The number of anilines is 1. The number of fused-ring (bicyclic) bond motifs is 1. The lowest BCUT2D eigenvalue weighted by Crippen LogP contribution is -2.47. The summed E-state index contributed by atoms with van der Waals surface area (Å²) in [5, 5.41) is 3.63. The second-order valence-electron chi connectivity index (χ2n) is 8.01. The molecule has 3 rings (SSSR count). The molecule has 2 aliphatic rings. The van der Waals surface area contributed by atoms with Crippen LogP contribution < -0.4 is 15.0 Å². The molecule has 7 nitrogen and oxygen atoms in total. The molecule has 0 aromatic heterocycles. The van der Waals surface area contributed by atoms with E-state index in [0.717, 1.165) is 25.9 Å². The highest BCUT2D eigenvalue weighted by molar-refractivity contribution is 6.70. The fourth-order valence-corrected chi connectivity index (χ4v) is 3.48. The zero-order chi connectivity index (χ0) is 20.3. The number of benzene rings is 1. The average Bonchev–Trinajstić information content (AvgIpc) is 2.65. The first-order chi connectivity index (χ1) is 13.3. The van der Waals surface area contributed by atoms with Gasteiger partial charge in [0.05, 0.1) is 19.4 Å². The number of hydrogen-bond donors (Lipinski definition) is 1. The summed E-state index contributed by atoms with van der Waals surface area (Å²) in [6.45, 7) is 7.91. The van der Waals surface area contributed by atoms with Gasteiger partial charge in [0.2, 0.25) is 6.35 Å². The fourth-order valence-electron chi connectivity index (χ4n) is 3.24. The summed E-state index contributed by atoms with van der Waals surface area (Å²) in [5.41, 5.74) is 0.541. The summed E-state index contributed by atoms with van der Waals surface area (Å²) in [4.78, 5) is 18.8. The van der Waals surface area contributed by atoms with Gasteiger partial charge in [-0.05, 0) is 64.8 Å². The Balaban J connectivity index is 1.89. The Labute approximate surface area is 171 Å². The monoisotopic (exact) mass is 409 g/mol. The van der Waals surface area contributed by atoms with Crippen molar-refractivity contribution in [2.75, 3.05) is 31.7 Å². The van der Waals surface area contributed by atoms with Gasteiger partial charge in [-0.3, -0.25) is 0 Å². The molecule has 0 spiro atoms. The van der Waals surface area contributed by atoms with Crippen molar-refractivity contribution in [3.05, 3.63) is 23.8 Å². The minimum absolute atomic E-state index is 0.299. The predicted molar refractivity (Wildman–Crippen MR) is 109 cm³/mol. The van der Waals surface area contributed by atoms with E-state index in [4.69, 9.17) is 25.8 Å². The molecule has 2 aliphatic heterocycles. The van der Waals surface area contributed by atoms with Crippen LogP contribution in [0.5, 0.6) is 5.75 Å². The summed E-state index contributed by atoms with van der Waals surface area (Å²) in [5.74, 6) is 1.03. The maximum atomic E-state index is 13.0. The van der Waals surface area contributed by atoms with E-state index in [-0.39, 0.29) is 0 Å². The van der Waals surface area contributed by atoms with Crippen molar-refractivity contribution in [3.63, 3.8) is 0 Å². The van der Waals surface area contributed by atoms with Crippen molar-refractivity contribution in [1.82, 2.24) is 5.32 Å². The van der Waals surface area contributed by atoms with Crippen molar-refractivity contribution < 1.29 is 19.0 Å². The van der Waals surface area contributed by atoms with E-state index >= 15 is 0 Å². The van der Waals surface area contributed by atoms with Gasteiger partial charge in [-0.2, -0.15) is 0 Å². The van der Waals surface area contributed by atoms with E-state index in [1.807, 2.05) is 20.8 Å². The van der Waals surface area contributed by atoms with Crippen LogP contribution in [0.3, 0.4) is 0 Å². The maximum absolute atomic E-state index is 13.0. The summed E-state index contributed by atoms with van der Waals surface area (Å²) in [6, 6.07) is 5.30. The molecule has 8 heteroatoms. The van der Waals surface area contributed by atoms with Crippen molar-refractivity contribution in [2.24, 2.45) is 10.9 Å². The standard InChI is InChI=1S/C20H28ClN3O4/c1-20(2,3)28-19(25)24-16-11-14(26-4)5-6-15(16)17(21)23-18(24)27-12-13-7-9-22-10-8-13/h5-6,11,13,18,22H,7-10,12H2,1-4H3. The van der Waals surface area contributed by atoms with E-state index in [0.29, 0.717) is 34.7 Å². The predicted octanol–water partition coefficient (Wildman–Crippen LogP) is 3.74. The fraction of sp³-hybridized carbons (Fsp3) is 0.600. The Morgan fingerprint density at radius 1 is 1.32 bits per heavy atom. The number of carbonyl (C=O) groups is 1. The second-order valence-corrected chi connectivity index (χ2v) is 8.36. The molecule has 0 bridgehead atoms. The van der Waals surface area contributed by atoms with E-state index in [1.54, 1.807) is 25.3 Å². The zero-order valence-electron chi connectivity index (χ0n) is 16.8. The smallest absolute Gasteiger partial charge is 0.418 e. The van der Waals surface area contributed by atoms with Gasteiger partial charge in [0, 0.05) is 11.6 Å². The molecule has 154 valence electrons. The van der Waals surface area contributed by atoms with Crippen molar-refractivity contribution in [1.29, 1.82) is 0 Å². The van der Waals surface area contributed by atoms with Gasteiger partial charge in [-0.15, -0.1) is 0 Å². The Hall–Kier alpha value is -1.83. The molecule has 0 radical (unpaired) electrons. The number of hydrogen-bond acceptors (Lipinski definition) is 6. The van der Waals surface area contributed by atoms with Crippen LogP contribution in [0.15, 0.2) is 23.2 Å². The largest absolute Gasteiger partial charge is 0.497 e. The van der Waals surface area contributed by atoms with Crippen LogP contribution in [0.25, 0.3) is 0 Å². The van der Waals surface area contributed by atoms with Crippen molar-refractivity contribution in [2.45, 2.75) is 45.6 Å². The Morgan fingerprint density at radius 3 is 2.68 bits per heavy atom. The molecule has 2 heterocycles. The molecule has 1 aromatic rings. The van der Waals surface area contributed by atoms with E-state index in [1.165, 1.54) is 4.90 Å². The van der Waals surface area contributed by atoms with Crippen molar-refractivity contribution >= 4 is 28.6 Å². The van der Waals surface area contributed by atoms with Gasteiger partial charge >= 0.3 is 6.09 Å². The lowest BCUT2D eigenvalue weighted by molar-refractivity contribution is 0.0104. The quantitative estimate of drug-likeness (QED) is 0.820. The van der Waals surface area contributed by atoms with Crippen LogP contribution in [-0.2, 0) is 9.47 Å². The highest BCUT2D eigenvalue weighted by atomic mass is 35.5. The van der Waals surface area contributed by atoms with Crippen LogP contribution >= 0.6 is 11.6 Å². The number of rotatable bonds is 4. The van der Waals surface area contributed by atoms with E-state index in [2.05, 4.69) is 10.3 Å². The van der Waals surface area contributed by atoms with Gasteiger partial charge in [-0.1, -0.05) is 11.6 Å². The SMILES string of the molecule is COc1ccc2c(c1)N(C(=O)OC(C)(C)C)C(OCC1CCNCC1)N=C2Cl. The van der Waals surface area contributed by atoms with Crippen LogP contribution in [0.2, 0.25) is 0 Å². The Morgan fingerprint density at radius 2 is 2.04 bits per heavy atom. The number of methoxy groups -OCH3 is 1. The number of nitrogens with zero attached hydrogens (tertiary/aromatic N) is 2. The maximum Gasteiger partial charge on any atom is 0.418 e. The normalized spacial score (nSPS) is 20.4. The molecule has 1 saturated heterocycles. The van der Waals surface area contributed by atoms with Gasteiger partial charge in [0.1, 0.15) is 16.5 Å². The first kappa shape index (κ1) is 20.9. The van der Waals surface area contributed by atoms with Crippen LogP contribution in [0.4, 0.5) is 10.5 Å². The number of carbonyl (C=O) groups excluding carboxylic acids is 1. The van der Waals surface area contributed by atoms with E-state index in [9.17, 15) is 4.79 Å². The molecular weight excluding hydrogens is 382 g/mol. The van der Waals surface area contributed by atoms with Crippen LogP contribution in [0.1, 0.15) is 39.2 Å². The third kappa shape index (κ3) is 4.96. The van der Waals surface area contributed by atoms with Gasteiger partial charge in [0.25, 0.3) is 0 Å². The zero-order valence-corrected chi connectivity index (χ0v) is 17.6. The van der Waals surface area contributed by atoms with Crippen LogP contribution in [-0.4, -0.2) is 50.0 Å². The highest BCUT2D eigenvalue weighted by Crippen LogP contribution is 2.35. The Kier molecular flexibility index (Phi) is 6.47. The molecule has 1 aromatic carbocycles.